The van der Waals surface area contributed by atoms with Gasteiger partial charge in [0.2, 0.25) is 0 Å². The Hall–Kier alpha value is -1.43. The number of aldehydes is 1. The molecule has 5 heteroatoms. The Balaban J connectivity index is 1.67. The summed E-state index contributed by atoms with van der Waals surface area (Å²) in [6, 6.07) is 6.93. The summed E-state index contributed by atoms with van der Waals surface area (Å²) in [5, 5.41) is 0. The molecule has 0 radical (unpaired) electrons. The number of benzene rings is 1. The Kier molecular flexibility index (Phi) is 6.45. The molecule has 0 saturated carbocycles. The Morgan fingerprint density at radius 1 is 1.28 bits per heavy atom. The van der Waals surface area contributed by atoms with Gasteiger partial charge in [-0.1, -0.05) is 19.1 Å². The highest BCUT2D eigenvalue weighted by molar-refractivity contribution is 5.52. The molecule has 138 valence electrons. The Bertz CT molecular complexity index is 571. The molecule has 1 aromatic rings. The summed E-state index contributed by atoms with van der Waals surface area (Å²) in [7, 11) is 1.72. The lowest BCUT2D eigenvalue weighted by molar-refractivity contribution is -0.109. The number of ether oxygens (including phenoxy) is 3. The lowest BCUT2D eigenvalue weighted by Gasteiger charge is -2.22. The second-order valence-electron chi connectivity index (χ2n) is 6.88. The Morgan fingerprint density at radius 3 is 2.76 bits per heavy atom. The van der Waals surface area contributed by atoms with E-state index in [1.54, 1.807) is 7.11 Å². The number of rotatable bonds is 8. The first-order valence-electron chi connectivity index (χ1n) is 9.32. The van der Waals surface area contributed by atoms with Crippen molar-refractivity contribution in [2.24, 2.45) is 0 Å². The van der Waals surface area contributed by atoms with Crippen molar-refractivity contribution >= 4 is 6.29 Å². The lowest BCUT2D eigenvalue weighted by atomic mass is 9.93. The largest absolute Gasteiger partial charge is 0.496 e. The van der Waals surface area contributed by atoms with E-state index in [-0.39, 0.29) is 6.29 Å². The minimum absolute atomic E-state index is 0.0650. The Morgan fingerprint density at radius 2 is 2.08 bits per heavy atom. The van der Waals surface area contributed by atoms with E-state index in [4.69, 9.17) is 14.2 Å². The third kappa shape index (κ3) is 4.40. The molecular weight excluding hydrogens is 318 g/mol. The number of carbonyl (C=O) groups excluding carboxylic acids is 1. The van der Waals surface area contributed by atoms with Crippen LogP contribution >= 0.6 is 0 Å². The molecular formula is C20H29NO4. The van der Waals surface area contributed by atoms with Crippen LogP contribution in [0.5, 0.6) is 5.75 Å². The smallest absolute Gasteiger partial charge is 0.157 e. The van der Waals surface area contributed by atoms with Gasteiger partial charge in [0.25, 0.3) is 0 Å². The van der Waals surface area contributed by atoms with Gasteiger partial charge in [-0.2, -0.15) is 0 Å². The van der Waals surface area contributed by atoms with Crippen molar-refractivity contribution in [2.45, 2.75) is 50.9 Å². The molecule has 3 rings (SSSR count). The fraction of sp³-hybridized carbons (Fsp3) is 0.650. The van der Waals surface area contributed by atoms with Crippen LogP contribution in [0.3, 0.4) is 0 Å². The predicted molar refractivity (Wildman–Crippen MR) is 96.1 cm³/mol. The molecule has 0 aliphatic carbocycles. The summed E-state index contributed by atoms with van der Waals surface area (Å²) in [5.41, 5.74) is 2.60. The van der Waals surface area contributed by atoms with Crippen LogP contribution in [0.4, 0.5) is 0 Å². The quantitative estimate of drug-likeness (QED) is 0.677. The molecule has 2 saturated heterocycles. The first-order valence-corrected chi connectivity index (χ1v) is 9.32. The van der Waals surface area contributed by atoms with Gasteiger partial charge in [-0.25, -0.2) is 0 Å². The average molecular weight is 347 g/mol. The summed E-state index contributed by atoms with van der Waals surface area (Å²) >= 11 is 0. The molecule has 0 amide bonds. The molecule has 25 heavy (non-hydrogen) atoms. The van der Waals surface area contributed by atoms with Crippen LogP contribution in [0.2, 0.25) is 0 Å². The SMILES string of the molecule is CCc1cc(C2C[C@H](CCC3OCCO3)N(CC=O)C2)ccc1OC. The van der Waals surface area contributed by atoms with Crippen LogP contribution in [0.15, 0.2) is 18.2 Å². The zero-order chi connectivity index (χ0) is 17.6. The number of aryl methyl sites for hydroxylation is 1. The van der Waals surface area contributed by atoms with Gasteiger partial charge in [0.1, 0.15) is 12.0 Å². The van der Waals surface area contributed by atoms with Crippen molar-refractivity contribution in [1.82, 2.24) is 4.90 Å². The van der Waals surface area contributed by atoms with Crippen LogP contribution in [-0.2, 0) is 20.7 Å². The van der Waals surface area contributed by atoms with Crippen molar-refractivity contribution in [3.05, 3.63) is 29.3 Å². The summed E-state index contributed by atoms with van der Waals surface area (Å²) < 4.78 is 16.5. The lowest BCUT2D eigenvalue weighted by Crippen LogP contribution is -2.32. The monoisotopic (exact) mass is 347 g/mol. The number of hydrogen-bond donors (Lipinski definition) is 0. The van der Waals surface area contributed by atoms with Crippen molar-refractivity contribution < 1.29 is 19.0 Å². The Labute approximate surface area is 150 Å². The second kappa shape index (κ2) is 8.79. The standard InChI is InChI=1S/C20H29NO4/c1-3-15-12-16(4-6-19(15)23-2)17-13-18(21(14-17)8-9-22)5-7-20-24-10-11-25-20/h4,6,9,12,17-18,20H,3,5,7-8,10-11,13-14H2,1-2H3/t17?,18-/m0/s1. The van der Waals surface area contributed by atoms with Gasteiger partial charge in [-0.3, -0.25) is 4.90 Å². The molecule has 2 aliphatic rings. The highest BCUT2D eigenvalue weighted by Crippen LogP contribution is 2.35. The van der Waals surface area contributed by atoms with E-state index in [0.717, 1.165) is 44.3 Å². The number of methoxy groups -OCH3 is 1. The fourth-order valence-electron chi connectivity index (χ4n) is 4.08. The van der Waals surface area contributed by atoms with Gasteiger partial charge in [-0.15, -0.1) is 0 Å². The van der Waals surface area contributed by atoms with Crippen LogP contribution in [0.1, 0.15) is 43.2 Å². The maximum atomic E-state index is 11.1. The van der Waals surface area contributed by atoms with Crippen molar-refractivity contribution in [2.75, 3.05) is 33.4 Å². The fourth-order valence-corrected chi connectivity index (χ4v) is 4.08. The van der Waals surface area contributed by atoms with E-state index in [1.165, 1.54) is 11.1 Å². The molecule has 5 nitrogen and oxygen atoms in total. The van der Waals surface area contributed by atoms with E-state index in [1.807, 2.05) is 0 Å². The van der Waals surface area contributed by atoms with Gasteiger partial charge in [-0.05, 0) is 48.8 Å². The van der Waals surface area contributed by atoms with E-state index in [2.05, 4.69) is 30.0 Å². The second-order valence-corrected chi connectivity index (χ2v) is 6.88. The minimum Gasteiger partial charge on any atom is -0.496 e. The summed E-state index contributed by atoms with van der Waals surface area (Å²) in [6.07, 6.45) is 4.90. The topological polar surface area (TPSA) is 48.0 Å². The van der Waals surface area contributed by atoms with Gasteiger partial charge < -0.3 is 19.0 Å². The maximum absolute atomic E-state index is 11.1. The molecule has 2 aliphatic heterocycles. The van der Waals surface area contributed by atoms with Crippen molar-refractivity contribution in [3.8, 4) is 5.75 Å². The number of likely N-dealkylation sites (tertiary alicyclic amines) is 1. The minimum atomic E-state index is -0.0650. The maximum Gasteiger partial charge on any atom is 0.157 e. The van der Waals surface area contributed by atoms with Crippen molar-refractivity contribution in [3.63, 3.8) is 0 Å². The molecule has 0 aromatic heterocycles. The van der Waals surface area contributed by atoms with E-state index < -0.39 is 0 Å². The average Bonchev–Trinajstić information content (AvgIpc) is 3.29. The molecule has 0 bridgehead atoms. The van der Waals surface area contributed by atoms with E-state index in [0.29, 0.717) is 31.7 Å². The molecule has 1 aromatic carbocycles. The molecule has 0 spiro atoms. The van der Waals surface area contributed by atoms with Gasteiger partial charge in [0.15, 0.2) is 6.29 Å². The third-order valence-corrected chi connectivity index (χ3v) is 5.42. The highest BCUT2D eigenvalue weighted by atomic mass is 16.7. The third-order valence-electron chi connectivity index (χ3n) is 5.42. The summed E-state index contributed by atoms with van der Waals surface area (Å²) in [4.78, 5) is 13.4. The van der Waals surface area contributed by atoms with Crippen LogP contribution in [0, 0.1) is 0 Å². The molecule has 1 unspecified atom stereocenters. The number of hydrogen-bond acceptors (Lipinski definition) is 5. The summed E-state index contributed by atoms with van der Waals surface area (Å²) in [6.45, 7) is 4.98. The predicted octanol–water partition coefficient (Wildman–Crippen LogP) is 2.77. The first-order chi connectivity index (χ1) is 12.2. The molecule has 2 heterocycles. The summed E-state index contributed by atoms with van der Waals surface area (Å²) in [5.74, 6) is 1.42. The zero-order valence-electron chi connectivity index (χ0n) is 15.3. The highest BCUT2D eigenvalue weighted by Gasteiger charge is 2.33. The first kappa shape index (κ1) is 18.4. The van der Waals surface area contributed by atoms with Gasteiger partial charge >= 0.3 is 0 Å². The molecule has 2 fully saturated rings. The zero-order valence-corrected chi connectivity index (χ0v) is 15.3. The number of carbonyl (C=O) groups is 1. The van der Waals surface area contributed by atoms with Crippen molar-refractivity contribution in [1.29, 1.82) is 0 Å². The van der Waals surface area contributed by atoms with Crippen LogP contribution in [-0.4, -0.2) is 56.9 Å². The van der Waals surface area contributed by atoms with Crippen LogP contribution < -0.4 is 4.74 Å². The van der Waals surface area contributed by atoms with Gasteiger partial charge in [0, 0.05) is 12.6 Å². The molecule has 0 N–H and O–H groups in total. The normalized spacial score (nSPS) is 24.7. The molecule has 2 atom stereocenters. The van der Waals surface area contributed by atoms with Gasteiger partial charge in [0.05, 0.1) is 26.9 Å². The van der Waals surface area contributed by atoms with E-state index in [9.17, 15) is 4.79 Å². The number of nitrogens with zero attached hydrogens (tertiary/aromatic N) is 1. The van der Waals surface area contributed by atoms with Crippen LogP contribution in [0.25, 0.3) is 0 Å². The van der Waals surface area contributed by atoms with E-state index >= 15 is 0 Å².